The van der Waals surface area contributed by atoms with Crippen LogP contribution in [0, 0.1) is 0 Å². The number of pyridine rings is 1. The van der Waals surface area contributed by atoms with Gasteiger partial charge in [0.05, 0.1) is 17.1 Å². The van der Waals surface area contributed by atoms with E-state index in [-0.39, 0.29) is 17.4 Å². The Morgan fingerprint density at radius 3 is 2.97 bits per heavy atom. The van der Waals surface area contributed by atoms with Crippen molar-refractivity contribution < 1.29 is 9.53 Å². The molecule has 0 aliphatic carbocycles. The molecule has 8 heteroatoms. The van der Waals surface area contributed by atoms with Crippen LogP contribution in [0.15, 0.2) is 47.4 Å². The van der Waals surface area contributed by atoms with Crippen LogP contribution in [0.5, 0.6) is 5.75 Å². The number of carbonyl (C=O) groups is 1. The quantitative estimate of drug-likeness (QED) is 0.648. The van der Waals surface area contributed by atoms with Gasteiger partial charge in [0.1, 0.15) is 23.9 Å². The van der Waals surface area contributed by atoms with E-state index in [4.69, 9.17) is 9.72 Å². The maximum absolute atomic E-state index is 12.4. The highest BCUT2D eigenvalue weighted by Gasteiger charge is 2.23. The molecule has 1 aliphatic rings. The van der Waals surface area contributed by atoms with E-state index < -0.39 is 0 Å². The molecule has 0 saturated carbocycles. The summed E-state index contributed by atoms with van der Waals surface area (Å²) in [5.74, 6) is 1.38. The van der Waals surface area contributed by atoms with E-state index in [1.807, 2.05) is 18.2 Å². The van der Waals surface area contributed by atoms with Gasteiger partial charge in [0.2, 0.25) is 0 Å². The Morgan fingerprint density at radius 1 is 1.30 bits per heavy atom. The number of carbonyl (C=O) groups excluding carboxylic acids is 1. The van der Waals surface area contributed by atoms with Crippen molar-refractivity contribution >= 4 is 16.8 Å². The molecule has 4 rings (SSSR count). The highest BCUT2D eigenvalue weighted by molar-refractivity contribution is 5.91. The minimum Gasteiger partial charge on any atom is -0.491 e. The van der Waals surface area contributed by atoms with Gasteiger partial charge in [-0.3, -0.25) is 14.5 Å². The lowest BCUT2D eigenvalue weighted by atomic mass is 9.97. The monoisotopic (exact) mass is 407 g/mol. The molecule has 0 spiro atoms. The largest absolute Gasteiger partial charge is 0.491 e. The number of aromatic amines is 1. The summed E-state index contributed by atoms with van der Waals surface area (Å²) in [4.78, 5) is 38.0. The number of hydrogen-bond acceptors (Lipinski definition) is 6. The Labute approximate surface area is 174 Å². The van der Waals surface area contributed by atoms with E-state index >= 15 is 0 Å². The van der Waals surface area contributed by atoms with Crippen LogP contribution in [-0.4, -0.2) is 59.0 Å². The Hall–Kier alpha value is -3.26. The third-order valence-electron chi connectivity index (χ3n) is 5.40. The average Bonchev–Trinajstić information content (AvgIpc) is 2.79. The molecule has 30 heavy (non-hydrogen) atoms. The molecule has 1 unspecified atom stereocenters. The molecule has 0 bridgehead atoms. The summed E-state index contributed by atoms with van der Waals surface area (Å²) in [6, 6.07) is 10.8. The maximum atomic E-state index is 12.4. The number of piperidine rings is 1. The van der Waals surface area contributed by atoms with Gasteiger partial charge in [-0.25, -0.2) is 9.97 Å². The van der Waals surface area contributed by atoms with Crippen molar-refractivity contribution in [1.29, 1.82) is 0 Å². The number of para-hydroxylation sites is 1. The molecule has 8 nitrogen and oxygen atoms in total. The van der Waals surface area contributed by atoms with Crippen LogP contribution in [0.3, 0.4) is 0 Å². The SMILES string of the molecule is CNC(=O)c1ccc(OCCN2CCCC(c3nc4ccccc4c(=O)[nH]3)C2)cn1. The Morgan fingerprint density at radius 2 is 2.17 bits per heavy atom. The molecule has 3 aromatic rings. The Kier molecular flexibility index (Phi) is 6.04. The first-order valence-corrected chi connectivity index (χ1v) is 10.2. The van der Waals surface area contributed by atoms with E-state index in [1.54, 1.807) is 31.4 Å². The number of H-pyrrole nitrogens is 1. The minimum absolute atomic E-state index is 0.0799. The molecule has 3 heterocycles. The molecule has 1 amide bonds. The van der Waals surface area contributed by atoms with E-state index in [9.17, 15) is 9.59 Å². The number of hydrogen-bond donors (Lipinski definition) is 2. The molecular weight excluding hydrogens is 382 g/mol. The fraction of sp³-hybridized carbons (Fsp3) is 0.364. The lowest BCUT2D eigenvalue weighted by molar-refractivity contribution is 0.0958. The van der Waals surface area contributed by atoms with Gasteiger partial charge in [-0.2, -0.15) is 0 Å². The second-order valence-electron chi connectivity index (χ2n) is 7.41. The zero-order valence-corrected chi connectivity index (χ0v) is 16.9. The second-order valence-corrected chi connectivity index (χ2v) is 7.41. The van der Waals surface area contributed by atoms with E-state index in [2.05, 4.69) is 20.2 Å². The van der Waals surface area contributed by atoms with Gasteiger partial charge in [-0.05, 0) is 43.7 Å². The highest BCUT2D eigenvalue weighted by atomic mass is 16.5. The number of ether oxygens (including phenoxy) is 1. The number of benzene rings is 1. The van der Waals surface area contributed by atoms with Crippen LogP contribution in [-0.2, 0) is 0 Å². The molecule has 2 aromatic heterocycles. The normalized spacial score (nSPS) is 17.0. The Bertz CT molecular complexity index is 1080. The van der Waals surface area contributed by atoms with Crippen LogP contribution in [0.25, 0.3) is 10.9 Å². The number of nitrogens with one attached hydrogen (secondary N) is 2. The second kappa shape index (κ2) is 9.04. The zero-order chi connectivity index (χ0) is 20.9. The zero-order valence-electron chi connectivity index (χ0n) is 16.9. The molecule has 2 N–H and O–H groups in total. The summed E-state index contributed by atoms with van der Waals surface area (Å²) < 4.78 is 5.79. The van der Waals surface area contributed by atoms with E-state index in [0.717, 1.165) is 43.8 Å². The summed E-state index contributed by atoms with van der Waals surface area (Å²) >= 11 is 0. The van der Waals surface area contributed by atoms with Crippen LogP contribution in [0.4, 0.5) is 0 Å². The summed E-state index contributed by atoms with van der Waals surface area (Å²) in [7, 11) is 1.57. The fourth-order valence-corrected chi connectivity index (χ4v) is 3.80. The van der Waals surface area contributed by atoms with Crippen molar-refractivity contribution in [2.24, 2.45) is 0 Å². The van der Waals surface area contributed by atoms with Gasteiger partial charge < -0.3 is 15.0 Å². The maximum Gasteiger partial charge on any atom is 0.269 e. The van der Waals surface area contributed by atoms with Crippen molar-refractivity contribution in [3.05, 3.63) is 64.5 Å². The number of amides is 1. The lowest BCUT2D eigenvalue weighted by Gasteiger charge is -2.32. The smallest absolute Gasteiger partial charge is 0.269 e. The van der Waals surface area contributed by atoms with Gasteiger partial charge in [-0.15, -0.1) is 0 Å². The topological polar surface area (TPSA) is 100 Å². The van der Waals surface area contributed by atoms with Crippen LogP contribution < -0.4 is 15.6 Å². The molecule has 1 aromatic carbocycles. The molecule has 156 valence electrons. The summed E-state index contributed by atoms with van der Waals surface area (Å²) in [6.45, 7) is 3.12. The lowest BCUT2D eigenvalue weighted by Crippen LogP contribution is -2.38. The summed E-state index contributed by atoms with van der Waals surface area (Å²) in [5, 5.41) is 3.17. The number of likely N-dealkylation sites (tertiary alicyclic amines) is 1. The molecule has 1 atom stereocenters. The van der Waals surface area contributed by atoms with Crippen molar-refractivity contribution in [2.75, 3.05) is 33.3 Å². The molecular formula is C22H25N5O3. The first-order chi connectivity index (χ1) is 14.6. The fourth-order valence-electron chi connectivity index (χ4n) is 3.80. The molecule has 1 saturated heterocycles. The first kappa shape index (κ1) is 20.0. The van der Waals surface area contributed by atoms with Gasteiger partial charge in [0.25, 0.3) is 11.5 Å². The van der Waals surface area contributed by atoms with E-state index in [0.29, 0.717) is 23.4 Å². The predicted molar refractivity (Wildman–Crippen MR) is 114 cm³/mol. The van der Waals surface area contributed by atoms with Crippen molar-refractivity contribution in [2.45, 2.75) is 18.8 Å². The average molecular weight is 407 g/mol. The number of rotatable bonds is 6. The van der Waals surface area contributed by atoms with Gasteiger partial charge >= 0.3 is 0 Å². The molecule has 1 aliphatic heterocycles. The summed E-state index contributed by atoms with van der Waals surface area (Å²) in [5.41, 5.74) is 1.02. The van der Waals surface area contributed by atoms with Gasteiger partial charge in [0.15, 0.2) is 0 Å². The predicted octanol–water partition coefficient (Wildman–Crippen LogP) is 1.94. The summed E-state index contributed by atoms with van der Waals surface area (Å²) in [6.07, 6.45) is 3.61. The van der Waals surface area contributed by atoms with E-state index in [1.165, 1.54) is 0 Å². The van der Waals surface area contributed by atoms with Gasteiger partial charge in [-0.1, -0.05) is 12.1 Å². The van der Waals surface area contributed by atoms with Crippen molar-refractivity contribution in [3.63, 3.8) is 0 Å². The van der Waals surface area contributed by atoms with Crippen LogP contribution in [0.1, 0.15) is 35.1 Å². The number of nitrogens with zero attached hydrogens (tertiary/aromatic N) is 3. The van der Waals surface area contributed by atoms with Crippen LogP contribution >= 0.6 is 0 Å². The van der Waals surface area contributed by atoms with Crippen molar-refractivity contribution in [1.82, 2.24) is 25.2 Å². The number of fused-ring (bicyclic) bond motifs is 1. The Balaban J connectivity index is 1.34. The van der Waals surface area contributed by atoms with Gasteiger partial charge in [0, 0.05) is 26.1 Å². The third-order valence-corrected chi connectivity index (χ3v) is 5.40. The highest BCUT2D eigenvalue weighted by Crippen LogP contribution is 2.24. The van der Waals surface area contributed by atoms with Crippen molar-refractivity contribution in [3.8, 4) is 5.75 Å². The van der Waals surface area contributed by atoms with Crippen LogP contribution in [0.2, 0.25) is 0 Å². The molecule has 0 radical (unpaired) electrons. The third kappa shape index (κ3) is 4.49. The molecule has 1 fully saturated rings. The number of aromatic nitrogens is 3. The standard InChI is InChI=1S/C22H25N5O3/c1-23-22(29)19-9-8-16(13-24-19)30-12-11-27-10-4-5-15(14-27)20-25-18-7-3-2-6-17(18)21(28)26-20/h2-3,6-9,13,15H,4-5,10-12,14H2,1H3,(H,23,29)(H,25,26,28). The minimum atomic E-state index is -0.221. The first-order valence-electron chi connectivity index (χ1n) is 10.2.